The third-order valence-corrected chi connectivity index (χ3v) is 0.705. The van der Waals surface area contributed by atoms with Crippen LogP contribution in [-0.4, -0.2) is 24.2 Å². The van der Waals surface area contributed by atoms with Crippen LogP contribution in [0.3, 0.4) is 0 Å². The van der Waals surface area contributed by atoms with E-state index in [1.165, 1.54) is 0 Å². The minimum atomic E-state index is 0.0926. The summed E-state index contributed by atoms with van der Waals surface area (Å²) in [5.41, 5.74) is 5.10. The lowest BCUT2D eigenvalue weighted by molar-refractivity contribution is -0.119. The Hall–Kier alpha value is -0.610. The molecule has 0 unspecified atom stereocenters. The van der Waals surface area contributed by atoms with E-state index < -0.39 is 0 Å². The van der Waals surface area contributed by atoms with E-state index in [1.807, 2.05) is 0 Å². The molecule has 4 nitrogen and oxygen atoms in total. The van der Waals surface area contributed by atoms with Gasteiger partial charge in [0.05, 0.1) is 0 Å². The zero-order chi connectivity index (χ0) is 7.11. The SMILES string of the molecule is CCO.O=C1CCNN1. The quantitative estimate of drug-likeness (QED) is 0.396. The summed E-state index contributed by atoms with van der Waals surface area (Å²) in [5.74, 6) is 0.0926. The van der Waals surface area contributed by atoms with Gasteiger partial charge in [0.1, 0.15) is 0 Å². The van der Waals surface area contributed by atoms with Gasteiger partial charge in [-0.05, 0) is 6.92 Å². The zero-order valence-electron chi connectivity index (χ0n) is 5.48. The average Bonchev–Trinajstić information content (AvgIpc) is 2.20. The van der Waals surface area contributed by atoms with Crippen molar-refractivity contribution in [2.24, 2.45) is 0 Å². The molecule has 0 aromatic rings. The van der Waals surface area contributed by atoms with Gasteiger partial charge in [0, 0.05) is 19.6 Å². The van der Waals surface area contributed by atoms with Gasteiger partial charge < -0.3 is 5.11 Å². The predicted molar refractivity (Wildman–Crippen MR) is 33.5 cm³/mol. The molecule has 0 bridgehead atoms. The normalized spacial score (nSPS) is 16.0. The van der Waals surface area contributed by atoms with Gasteiger partial charge in [-0.15, -0.1) is 0 Å². The van der Waals surface area contributed by atoms with Gasteiger partial charge in [-0.2, -0.15) is 0 Å². The van der Waals surface area contributed by atoms with E-state index in [-0.39, 0.29) is 12.5 Å². The molecule has 1 aliphatic heterocycles. The highest BCUT2D eigenvalue weighted by atomic mass is 16.2. The van der Waals surface area contributed by atoms with Crippen LogP contribution in [0.25, 0.3) is 0 Å². The molecule has 4 heteroatoms. The minimum Gasteiger partial charge on any atom is -0.397 e. The first kappa shape index (κ1) is 8.39. The van der Waals surface area contributed by atoms with E-state index in [9.17, 15) is 4.79 Å². The fourth-order valence-electron chi connectivity index (χ4n) is 0.400. The Labute approximate surface area is 54.2 Å². The lowest BCUT2D eigenvalue weighted by Crippen LogP contribution is -2.25. The maximum Gasteiger partial charge on any atom is 0.235 e. The summed E-state index contributed by atoms with van der Waals surface area (Å²) in [4.78, 5) is 10.1. The first-order valence-corrected chi connectivity index (χ1v) is 2.93. The highest BCUT2D eigenvalue weighted by Crippen LogP contribution is 1.79. The molecule has 1 amide bonds. The van der Waals surface area contributed by atoms with E-state index in [1.54, 1.807) is 6.92 Å². The minimum absolute atomic E-state index is 0.0926. The van der Waals surface area contributed by atoms with E-state index in [2.05, 4.69) is 10.9 Å². The smallest absolute Gasteiger partial charge is 0.235 e. The fraction of sp³-hybridized carbons (Fsp3) is 0.800. The third-order valence-electron chi connectivity index (χ3n) is 0.705. The Morgan fingerprint density at radius 3 is 2.44 bits per heavy atom. The first-order valence-electron chi connectivity index (χ1n) is 2.93. The van der Waals surface area contributed by atoms with Crippen LogP contribution < -0.4 is 10.9 Å². The number of hydrogen-bond acceptors (Lipinski definition) is 3. The molecular formula is C5H12N2O2. The van der Waals surface area contributed by atoms with Crippen molar-refractivity contribution in [3.63, 3.8) is 0 Å². The van der Waals surface area contributed by atoms with Crippen molar-refractivity contribution >= 4 is 5.91 Å². The van der Waals surface area contributed by atoms with Crippen molar-refractivity contribution in [3.05, 3.63) is 0 Å². The number of carbonyl (C=O) groups excluding carboxylic acids is 1. The van der Waals surface area contributed by atoms with Gasteiger partial charge in [0.15, 0.2) is 0 Å². The standard InChI is InChI=1S/C3H6N2O.C2H6O/c6-3-1-2-4-5-3;1-2-3/h4H,1-2H2,(H,5,6);3H,2H2,1H3. The molecular weight excluding hydrogens is 120 g/mol. The molecule has 3 N–H and O–H groups in total. The second-order valence-corrected chi connectivity index (χ2v) is 1.54. The summed E-state index contributed by atoms with van der Waals surface area (Å²) in [6.07, 6.45) is 0.625. The Morgan fingerprint density at radius 1 is 1.78 bits per heavy atom. The summed E-state index contributed by atoms with van der Waals surface area (Å²) in [6, 6.07) is 0. The Kier molecular flexibility index (Phi) is 5.15. The number of nitrogens with one attached hydrogen (secondary N) is 2. The first-order chi connectivity index (χ1) is 4.31. The molecule has 9 heavy (non-hydrogen) atoms. The molecule has 1 rings (SSSR count). The molecule has 0 aromatic carbocycles. The Morgan fingerprint density at radius 2 is 2.33 bits per heavy atom. The van der Waals surface area contributed by atoms with Crippen molar-refractivity contribution < 1.29 is 9.90 Å². The van der Waals surface area contributed by atoms with Crippen LogP contribution in [0.5, 0.6) is 0 Å². The topological polar surface area (TPSA) is 61.4 Å². The van der Waals surface area contributed by atoms with Gasteiger partial charge in [-0.1, -0.05) is 0 Å². The van der Waals surface area contributed by atoms with E-state index in [0.29, 0.717) is 6.42 Å². The highest BCUT2D eigenvalue weighted by Gasteiger charge is 2.04. The predicted octanol–water partition coefficient (Wildman–Crippen LogP) is -0.991. The molecule has 54 valence electrons. The second kappa shape index (κ2) is 5.53. The van der Waals surface area contributed by atoms with Crippen LogP contribution in [-0.2, 0) is 4.79 Å². The lowest BCUT2D eigenvalue weighted by Gasteiger charge is -1.83. The number of carbonyl (C=O) groups is 1. The van der Waals surface area contributed by atoms with Crippen LogP contribution in [0, 0.1) is 0 Å². The molecule has 0 atom stereocenters. The van der Waals surface area contributed by atoms with Crippen molar-refractivity contribution in [2.75, 3.05) is 13.2 Å². The fourth-order valence-corrected chi connectivity index (χ4v) is 0.400. The highest BCUT2D eigenvalue weighted by molar-refractivity contribution is 5.77. The van der Waals surface area contributed by atoms with Crippen LogP contribution >= 0.6 is 0 Å². The van der Waals surface area contributed by atoms with Crippen molar-refractivity contribution in [2.45, 2.75) is 13.3 Å². The molecule has 0 aromatic heterocycles. The average molecular weight is 132 g/mol. The van der Waals surface area contributed by atoms with Crippen LogP contribution in [0.2, 0.25) is 0 Å². The molecule has 0 saturated carbocycles. The molecule has 1 heterocycles. The second-order valence-electron chi connectivity index (χ2n) is 1.54. The number of aliphatic hydroxyl groups is 1. The van der Waals surface area contributed by atoms with E-state index in [4.69, 9.17) is 5.11 Å². The zero-order valence-corrected chi connectivity index (χ0v) is 5.48. The number of hydrogen-bond donors (Lipinski definition) is 3. The van der Waals surface area contributed by atoms with Gasteiger partial charge in [-0.3, -0.25) is 10.2 Å². The summed E-state index contributed by atoms with van der Waals surface area (Å²) < 4.78 is 0. The van der Waals surface area contributed by atoms with Crippen LogP contribution in [0.1, 0.15) is 13.3 Å². The van der Waals surface area contributed by atoms with E-state index in [0.717, 1.165) is 6.54 Å². The molecule has 1 saturated heterocycles. The maximum absolute atomic E-state index is 10.1. The monoisotopic (exact) mass is 132 g/mol. The Balaban J connectivity index is 0.000000187. The van der Waals surface area contributed by atoms with E-state index >= 15 is 0 Å². The molecule has 1 aliphatic rings. The van der Waals surface area contributed by atoms with Crippen LogP contribution in [0.15, 0.2) is 0 Å². The van der Waals surface area contributed by atoms with Gasteiger partial charge in [0.2, 0.25) is 5.91 Å². The van der Waals surface area contributed by atoms with Gasteiger partial charge in [0.25, 0.3) is 0 Å². The summed E-state index contributed by atoms with van der Waals surface area (Å²) in [5, 5.41) is 7.57. The molecule has 0 spiro atoms. The molecule has 0 radical (unpaired) electrons. The third kappa shape index (κ3) is 5.26. The summed E-state index contributed by atoms with van der Waals surface area (Å²) >= 11 is 0. The maximum atomic E-state index is 10.1. The number of hydrazine groups is 1. The molecule has 1 fully saturated rings. The van der Waals surface area contributed by atoms with Gasteiger partial charge in [-0.25, -0.2) is 5.43 Å². The Bertz CT molecular complexity index is 77.0. The van der Waals surface area contributed by atoms with Crippen molar-refractivity contribution in [1.29, 1.82) is 0 Å². The summed E-state index contributed by atoms with van der Waals surface area (Å²) in [7, 11) is 0. The number of aliphatic hydroxyl groups excluding tert-OH is 1. The summed E-state index contributed by atoms with van der Waals surface area (Å²) in [6.45, 7) is 2.71. The lowest BCUT2D eigenvalue weighted by atomic mass is 10.5. The van der Waals surface area contributed by atoms with Crippen molar-refractivity contribution in [3.8, 4) is 0 Å². The number of amides is 1. The van der Waals surface area contributed by atoms with Crippen molar-refractivity contribution in [1.82, 2.24) is 10.9 Å². The molecule has 0 aliphatic carbocycles. The van der Waals surface area contributed by atoms with Crippen LogP contribution in [0.4, 0.5) is 0 Å². The van der Waals surface area contributed by atoms with Gasteiger partial charge >= 0.3 is 0 Å². The largest absolute Gasteiger partial charge is 0.397 e. The number of rotatable bonds is 0.